The minimum atomic E-state index is 0.105. The summed E-state index contributed by atoms with van der Waals surface area (Å²) in [5, 5.41) is 0.941. The Kier molecular flexibility index (Phi) is 6.34. The minimum Gasteiger partial charge on any atom is -0.496 e. The van der Waals surface area contributed by atoms with Crippen LogP contribution < -0.4 is 4.74 Å². The molecule has 2 aliphatic heterocycles. The van der Waals surface area contributed by atoms with Gasteiger partial charge in [0.05, 0.1) is 17.7 Å². The molecule has 0 saturated carbocycles. The van der Waals surface area contributed by atoms with Crippen LogP contribution in [-0.4, -0.2) is 59.7 Å². The van der Waals surface area contributed by atoms with Crippen molar-refractivity contribution in [2.45, 2.75) is 50.2 Å². The normalized spacial score (nSPS) is 21.9. The van der Waals surface area contributed by atoms with Crippen molar-refractivity contribution < 1.29 is 9.53 Å². The summed E-state index contributed by atoms with van der Waals surface area (Å²) in [5.74, 6) is 1.06. The van der Waals surface area contributed by atoms with Crippen LogP contribution in [0.25, 0.3) is 0 Å². The molecule has 0 N–H and O–H groups in total. The van der Waals surface area contributed by atoms with Gasteiger partial charge in [-0.3, -0.25) is 9.69 Å². The van der Waals surface area contributed by atoms with Gasteiger partial charge in [0, 0.05) is 37.9 Å². The fraction of sp³-hybridized carbons (Fsp3) is 0.500. The van der Waals surface area contributed by atoms with Crippen molar-refractivity contribution in [2.24, 2.45) is 0 Å². The highest BCUT2D eigenvalue weighted by Crippen LogP contribution is 2.39. The molecule has 5 nitrogen and oxygen atoms in total. The Morgan fingerprint density at radius 1 is 1.13 bits per heavy atom. The van der Waals surface area contributed by atoms with E-state index in [4.69, 9.17) is 4.74 Å². The van der Waals surface area contributed by atoms with Gasteiger partial charge in [0.15, 0.2) is 0 Å². The Hall–Kier alpha value is -2.05. The lowest BCUT2D eigenvalue weighted by atomic mass is 9.86. The van der Waals surface area contributed by atoms with Crippen molar-refractivity contribution in [3.63, 3.8) is 0 Å². The van der Waals surface area contributed by atoms with Crippen molar-refractivity contribution in [3.8, 4) is 5.75 Å². The molecule has 4 rings (SSSR count). The SMILES string of the molecule is COc1ccc([C@H]2CCC[C@H]3CN(C(=O)c4ccc(SC)nc4)CCN32)c(C)c1C. The minimum absolute atomic E-state index is 0.105. The topological polar surface area (TPSA) is 45.7 Å². The van der Waals surface area contributed by atoms with Crippen LogP contribution in [0.1, 0.15) is 52.4 Å². The smallest absolute Gasteiger partial charge is 0.255 e. The summed E-state index contributed by atoms with van der Waals surface area (Å²) in [5.41, 5.74) is 4.66. The number of methoxy groups -OCH3 is 1. The number of fused-ring (bicyclic) bond motifs is 1. The molecule has 2 saturated heterocycles. The Morgan fingerprint density at radius 3 is 2.67 bits per heavy atom. The van der Waals surface area contributed by atoms with E-state index in [-0.39, 0.29) is 5.91 Å². The van der Waals surface area contributed by atoms with Crippen LogP contribution in [0.4, 0.5) is 0 Å². The van der Waals surface area contributed by atoms with E-state index in [9.17, 15) is 4.79 Å². The monoisotopic (exact) mass is 425 g/mol. The van der Waals surface area contributed by atoms with Gasteiger partial charge in [-0.2, -0.15) is 0 Å². The molecule has 2 fully saturated rings. The number of carbonyl (C=O) groups excluding carboxylic acids is 1. The molecule has 0 spiro atoms. The van der Waals surface area contributed by atoms with Gasteiger partial charge in [-0.25, -0.2) is 4.98 Å². The van der Waals surface area contributed by atoms with Gasteiger partial charge in [0.1, 0.15) is 5.75 Å². The van der Waals surface area contributed by atoms with E-state index in [1.54, 1.807) is 25.1 Å². The zero-order valence-corrected chi connectivity index (χ0v) is 19.2. The number of hydrogen-bond acceptors (Lipinski definition) is 5. The molecule has 30 heavy (non-hydrogen) atoms. The first-order chi connectivity index (χ1) is 14.5. The van der Waals surface area contributed by atoms with E-state index in [0.717, 1.165) is 36.8 Å². The van der Waals surface area contributed by atoms with E-state index >= 15 is 0 Å². The van der Waals surface area contributed by atoms with E-state index in [0.29, 0.717) is 17.6 Å². The third-order valence-electron chi connectivity index (χ3n) is 6.78. The molecule has 0 aliphatic carbocycles. The largest absolute Gasteiger partial charge is 0.496 e. The van der Waals surface area contributed by atoms with Gasteiger partial charge in [0.2, 0.25) is 0 Å². The fourth-order valence-corrected chi connectivity index (χ4v) is 5.34. The Labute approximate surface area is 183 Å². The van der Waals surface area contributed by atoms with Gasteiger partial charge in [-0.1, -0.05) is 6.07 Å². The summed E-state index contributed by atoms with van der Waals surface area (Å²) >= 11 is 1.59. The summed E-state index contributed by atoms with van der Waals surface area (Å²) in [6.07, 6.45) is 7.24. The Bertz CT molecular complexity index is 915. The molecule has 2 atom stereocenters. The first-order valence-electron chi connectivity index (χ1n) is 10.7. The number of aromatic nitrogens is 1. The highest BCUT2D eigenvalue weighted by atomic mass is 32.2. The molecule has 0 unspecified atom stereocenters. The number of thioether (sulfide) groups is 1. The van der Waals surface area contributed by atoms with Gasteiger partial charge in [0.25, 0.3) is 5.91 Å². The third-order valence-corrected chi connectivity index (χ3v) is 7.44. The quantitative estimate of drug-likeness (QED) is 0.676. The summed E-state index contributed by atoms with van der Waals surface area (Å²) in [7, 11) is 1.73. The second-order valence-electron chi connectivity index (χ2n) is 8.29. The lowest BCUT2D eigenvalue weighted by Gasteiger charge is -2.48. The van der Waals surface area contributed by atoms with Crippen LogP contribution in [0.2, 0.25) is 0 Å². The number of piperidine rings is 1. The number of pyridine rings is 1. The van der Waals surface area contributed by atoms with Gasteiger partial charge in [-0.15, -0.1) is 11.8 Å². The van der Waals surface area contributed by atoms with Gasteiger partial charge < -0.3 is 9.64 Å². The summed E-state index contributed by atoms with van der Waals surface area (Å²) in [6, 6.07) is 9.02. The average molecular weight is 426 g/mol. The van der Waals surface area contributed by atoms with Crippen molar-refractivity contribution in [1.82, 2.24) is 14.8 Å². The molecular weight excluding hydrogens is 394 g/mol. The molecule has 160 valence electrons. The molecule has 0 radical (unpaired) electrons. The number of nitrogens with zero attached hydrogens (tertiary/aromatic N) is 3. The molecule has 1 aromatic heterocycles. The van der Waals surface area contributed by atoms with Gasteiger partial charge >= 0.3 is 0 Å². The van der Waals surface area contributed by atoms with E-state index < -0.39 is 0 Å². The second-order valence-corrected chi connectivity index (χ2v) is 9.11. The van der Waals surface area contributed by atoms with Crippen LogP contribution in [0.3, 0.4) is 0 Å². The summed E-state index contributed by atoms with van der Waals surface area (Å²) < 4.78 is 5.51. The molecule has 3 heterocycles. The summed E-state index contributed by atoms with van der Waals surface area (Å²) in [4.78, 5) is 22.1. The molecule has 0 bridgehead atoms. The van der Waals surface area contributed by atoms with Gasteiger partial charge in [-0.05, 0) is 74.3 Å². The lowest BCUT2D eigenvalue weighted by molar-refractivity contribution is 0.0101. The maximum atomic E-state index is 13.0. The Morgan fingerprint density at radius 2 is 1.97 bits per heavy atom. The maximum absolute atomic E-state index is 13.0. The average Bonchev–Trinajstić information content (AvgIpc) is 2.79. The zero-order valence-electron chi connectivity index (χ0n) is 18.4. The standard InChI is InChI=1S/C24H31N3O2S/c1-16-17(2)22(29-3)10-9-20(16)21-7-5-6-19-15-26(12-13-27(19)21)24(28)18-8-11-23(30-4)25-14-18/h8-11,14,19,21H,5-7,12-13,15H2,1-4H3/t19-,21+/m0/s1. The number of carbonyl (C=O) groups is 1. The predicted molar refractivity (Wildman–Crippen MR) is 121 cm³/mol. The molecular formula is C24H31N3O2S. The van der Waals surface area contributed by atoms with Crippen LogP contribution in [0.15, 0.2) is 35.5 Å². The highest BCUT2D eigenvalue weighted by molar-refractivity contribution is 7.98. The van der Waals surface area contributed by atoms with Crippen LogP contribution >= 0.6 is 11.8 Å². The van der Waals surface area contributed by atoms with Crippen LogP contribution in [0, 0.1) is 13.8 Å². The lowest BCUT2D eigenvalue weighted by Crippen LogP contribution is -2.57. The van der Waals surface area contributed by atoms with E-state index in [1.165, 1.54) is 29.5 Å². The number of benzene rings is 1. The number of rotatable bonds is 4. The number of hydrogen-bond donors (Lipinski definition) is 0. The van der Waals surface area contributed by atoms with Crippen molar-refractivity contribution in [1.29, 1.82) is 0 Å². The molecule has 2 aliphatic rings. The third kappa shape index (κ3) is 3.95. The fourth-order valence-electron chi connectivity index (χ4n) is 4.98. The Balaban J connectivity index is 1.50. The zero-order chi connectivity index (χ0) is 21.3. The first kappa shape index (κ1) is 21.2. The van der Waals surface area contributed by atoms with Crippen molar-refractivity contribution in [3.05, 3.63) is 52.7 Å². The maximum Gasteiger partial charge on any atom is 0.255 e. The van der Waals surface area contributed by atoms with Crippen molar-refractivity contribution in [2.75, 3.05) is 33.0 Å². The van der Waals surface area contributed by atoms with Crippen LogP contribution in [0.5, 0.6) is 5.75 Å². The van der Waals surface area contributed by atoms with Crippen molar-refractivity contribution >= 4 is 17.7 Å². The second kappa shape index (κ2) is 8.98. The van der Waals surface area contributed by atoms with Crippen LogP contribution in [-0.2, 0) is 0 Å². The predicted octanol–water partition coefficient (Wildman–Crippen LogP) is 4.48. The van der Waals surface area contributed by atoms with E-state index in [1.807, 2.05) is 23.3 Å². The highest BCUT2D eigenvalue weighted by Gasteiger charge is 2.37. The van der Waals surface area contributed by atoms with E-state index in [2.05, 4.69) is 35.9 Å². The molecule has 1 amide bonds. The molecule has 2 aromatic rings. The molecule has 1 aromatic carbocycles. The number of piperazine rings is 1. The summed E-state index contributed by atoms with van der Waals surface area (Å²) in [6.45, 7) is 6.84. The first-order valence-corrected chi connectivity index (χ1v) is 11.9. The molecule has 6 heteroatoms. The number of amides is 1. The number of ether oxygens (including phenoxy) is 1.